The number of amides is 1. The zero-order chi connectivity index (χ0) is 17.8. The molecule has 1 rings (SSSR count). The van der Waals surface area contributed by atoms with Crippen LogP contribution in [-0.2, 0) is 10.2 Å². The molecular weight excluding hydrogens is 294 g/mol. The minimum Gasteiger partial charge on any atom is -0.507 e. The molecule has 130 valence electrons. The Morgan fingerprint density at radius 2 is 1.74 bits per heavy atom. The molecular formula is C18H29NO4. The average Bonchev–Trinajstić information content (AvgIpc) is 2.45. The molecule has 0 aliphatic carbocycles. The van der Waals surface area contributed by atoms with Gasteiger partial charge in [-0.1, -0.05) is 45.9 Å². The minimum absolute atomic E-state index is 0.163. The van der Waals surface area contributed by atoms with Gasteiger partial charge in [0.15, 0.2) is 0 Å². The van der Waals surface area contributed by atoms with Gasteiger partial charge in [-0.3, -0.25) is 4.79 Å². The second-order valence-corrected chi connectivity index (χ2v) is 7.52. The minimum atomic E-state index is -1.04. The Morgan fingerprint density at radius 1 is 1.17 bits per heavy atom. The molecule has 0 aliphatic rings. The van der Waals surface area contributed by atoms with E-state index >= 15 is 0 Å². The van der Waals surface area contributed by atoms with Crippen molar-refractivity contribution in [2.75, 3.05) is 13.2 Å². The van der Waals surface area contributed by atoms with Crippen molar-refractivity contribution in [1.82, 2.24) is 5.32 Å². The van der Waals surface area contributed by atoms with E-state index in [1.165, 1.54) is 0 Å². The summed E-state index contributed by atoms with van der Waals surface area (Å²) < 4.78 is 0. The summed E-state index contributed by atoms with van der Waals surface area (Å²) in [6, 6.07) is 5.59. The Bertz CT molecular complexity index is 544. The first-order valence-corrected chi connectivity index (χ1v) is 7.89. The van der Waals surface area contributed by atoms with Crippen molar-refractivity contribution >= 4 is 5.91 Å². The molecule has 23 heavy (non-hydrogen) atoms. The number of aliphatic hydroxyl groups is 2. The van der Waals surface area contributed by atoms with Gasteiger partial charge in [-0.15, -0.1) is 0 Å². The van der Waals surface area contributed by atoms with Crippen molar-refractivity contribution in [3.63, 3.8) is 0 Å². The molecule has 0 bridgehead atoms. The standard InChI is InChI=1S/C18H29NO4/c1-12(9-15(22)19-18(5,10-20)11-21)13-7-6-8-14(16(13)23)17(2,3)4/h6-8,12,20-21,23H,9-11H2,1-5H3,(H,19,22). The molecule has 1 atom stereocenters. The van der Waals surface area contributed by atoms with Crippen molar-refractivity contribution in [1.29, 1.82) is 0 Å². The van der Waals surface area contributed by atoms with Crippen molar-refractivity contribution in [2.45, 2.75) is 57.9 Å². The van der Waals surface area contributed by atoms with E-state index in [1.54, 1.807) is 6.92 Å². The average molecular weight is 323 g/mol. The van der Waals surface area contributed by atoms with Gasteiger partial charge in [0.25, 0.3) is 0 Å². The van der Waals surface area contributed by atoms with Gasteiger partial charge < -0.3 is 20.6 Å². The molecule has 0 saturated heterocycles. The zero-order valence-electron chi connectivity index (χ0n) is 14.7. The van der Waals surface area contributed by atoms with Crippen LogP contribution in [0.4, 0.5) is 0 Å². The van der Waals surface area contributed by atoms with Crippen LogP contribution in [0.15, 0.2) is 18.2 Å². The van der Waals surface area contributed by atoms with E-state index in [0.717, 1.165) is 11.1 Å². The van der Waals surface area contributed by atoms with Crippen molar-refractivity contribution < 1.29 is 20.1 Å². The first kappa shape index (κ1) is 19.5. The molecule has 0 radical (unpaired) electrons. The fourth-order valence-electron chi connectivity index (χ4n) is 2.47. The van der Waals surface area contributed by atoms with Gasteiger partial charge in [0.1, 0.15) is 5.75 Å². The fourth-order valence-corrected chi connectivity index (χ4v) is 2.47. The van der Waals surface area contributed by atoms with E-state index in [4.69, 9.17) is 0 Å². The van der Waals surface area contributed by atoms with Crippen LogP contribution in [0.25, 0.3) is 0 Å². The summed E-state index contributed by atoms with van der Waals surface area (Å²) >= 11 is 0. The molecule has 0 spiro atoms. The Labute approximate surface area is 138 Å². The maximum atomic E-state index is 12.1. The molecule has 1 unspecified atom stereocenters. The number of nitrogens with one attached hydrogen (secondary N) is 1. The molecule has 0 aliphatic heterocycles. The first-order chi connectivity index (χ1) is 10.5. The highest BCUT2D eigenvalue weighted by Crippen LogP contribution is 2.37. The second-order valence-electron chi connectivity index (χ2n) is 7.52. The molecule has 0 aromatic heterocycles. The van der Waals surface area contributed by atoms with E-state index in [2.05, 4.69) is 5.32 Å². The van der Waals surface area contributed by atoms with Crippen molar-refractivity contribution in [2.24, 2.45) is 0 Å². The maximum Gasteiger partial charge on any atom is 0.221 e. The van der Waals surface area contributed by atoms with Gasteiger partial charge in [0.05, 0.1) is 18.8 Å². The summed E-state index contributed by atoms with van der Waals surface area (Å²) in [6.07, 6.45) is 0.163. The molecule has 5 nitrogen and oxygen atoms in total. The van der Waals surface area contributed by atoms with Gasteiger partial charge in [-0.05, 0) is 29.4 Å². The van der Waals surface area contributed by atoms with Crippen LogP contribution in [-0.4, -0.2) is 40.0 Å². The van der Waals surface area contributed by atoms with E-state index in [9.17, 15) is 20.1 Å². The molecule has 1 aromatic carbocycles. The predicted molar refractivity (Wildman–Crippen MR) is 90.6 cm³/mol. The summed E-state index contributed by atoms with van der Waals surface area (Å²) in [5.74, 6) is -0.227. The smallest absolute Gasteiger partial charge is 0.221 e. The largest absolute Gasteiger partial charge is 0.507 e. The van der Waals surface area contributed by atoms with Crippen molar-refractivity contribution in [3.05, 3.63) is 29.3 Å². The number of rotatable bonds is 6. The summed E-state index contributed by atoms with van der Waals surface area (Å²) in [7, 11) is 0. The molecule has 0 fully saturated rings. The first-order valence-electron chi connectivity index (χ1n) is 7.89. The van der Waals surface area contributed by atoms with E-state index < -0.39 is 5.54 Å². The monoisotopic (exact) mass is 323 g/mol. The Balaban J connectivity index is 2.91. The summed E-state index contributed by atoms with van der Waals surface area (Å²) in [5, 5.41) is 31.6. The Hall–Kier alpha value is -1.59. The number of aliphatic hydroxyl groups excluding tert-OH is 2. The van der Waals surface area contributed by atoms with Crippen LogP contribution in [0.3, 0.4) is 0 Å². The van der Waals surface area contributed by atoms with Crippen LogP contribution in [0.5, 0.6) is 5.75 Å². The van der Waals surface area contributed by atoms with Crippen LogP contribution < -0.4 is 5.32 Å². The number of phenolic OH excluding ortho intramolecular Hbond substituents is 1. The van der Waals surface area contributed by atoms with E-state index in [0.29, 0.717) is 0 Å². The third kappa shape index (κ3) is 4.94. The molecule has 1 amide bonds. The molecule has 1 aromatic rings. The SMILES string of the molecule is CC(CC(=O)NC(C)(CO)CO)c1cccc(C(C)(C)C)c1O. The Morgan fingerprint density at radius 3 is 2.22 bits per heavy atom. The quantitative estimate of drug-likeness (QED) is 0.645. The van der Waals surface area contributed by atoms with Gasteiger partial charge in [0, 0.05) is 6.42 Å². The number of para-hydroxylation sites is 1. The van der Waals surface area contributed by atoms with Gasteiger partial charge >= 0.3 is 0 Å². The number of carbonyl (C=O) groups is 1. The third-order valence-electron chi connectivity index (χ3n) is 4.04. The lowest BCUT2D eigenvalue weighted by Crippen LogP contribution is -2.51. The number of hydrogen-bond donors (Lipinski definition) is 4. The van der Waals surface area contributed by atoms with Crippen LogP contribution >= 0.6 is 0 Å². The van der Waals surface area contributed by atoms with Crippen LogP contribution in [0.2, 0.25) is 0 Å². The number of benzene rings is 1. The topological polar surface area (TPSA) is 89.8 Å². The number of phenols is 1. The third-order valence-corrected chi connectivity index (χ3v) is 4.04. The fraction of sp³-hybridized carbons (Fsp3) is 0.611. The number of hydrogen-bond acceptors (Lipinski definition) is 4. The van der Waals surface area contributed by atoms with Gasteiger partial charge in [0.2, 0.25) is 5.91 Å². The number of aromatic hydroxyl groups is 1. The molecule has 4 N–H and O–H groups in total. The Kier molecular flexibility index (Phi) is 6.19. The highest BCUT2D eigenvalue weighted by atomic mass is 16.3. The summed E-state index contributed by atoms with van der Waals surface area (Å²) in [6.45, 7) is 8.84. The lowest BCUT2D eigenvalue weighted by atomic mass is 9.83. The van der Waals surface area contributed by atoms with Crippen LogP contribution in [0.1, 0.15) is 58.1 Å². The highest BCUT2D eigenvalue weighted by Gasteiger charge is 2.27. The van der Waals surface area contributed by atoms with Crippen molar-refractivity contribution in [3.8, 4) is 5.75 Å². The van der Waals surface area contributed by atoms with Gasteiger partial charge in [-0.2, -0.15) is 0 Å². The highest BCUT2D eigenvalue weighted by molar-refractivity contribution is 5.78. The van der Waals surface area contributed by atoms with Gasteiger partial charge in [-0.25, -0.2) is 0 Å². The molecule has 0 saturated carbocycles. The predicted octanol–water partition coefficient (Wildman–Crippen LogP) is 2.04. The lowest BCUT2D eigenvalue weighted by Gasteiger charge is -2.27. The number of carbonyl (C=O) groups excluding carboxylic acids is 1. The van der Waals surface area contributed by atoms with E-state index in [1.807, 2.05) is 45.9 Å². The summed E-state index contributed by atoms with van der Waals surface area (Å²) in [4.78, 5) is 12.1. The zero-order valence-corrected chi connectivity index (χ0v) is 14.7. The van der Waals surface area contributed by atoms with E-state index in [-0.39, 0.29) is 42.6 Å². The summed E-state index contributed by atoms with van der Waals surface area (Å²) in [5.41, 5.74) is 0.348. The second kappa shape index (κ2) is 7.32. The normalized spacial score (nSPS) is 13.7. The lowest BCUT2D eigenvalue weighted by molar-refractivity contribution is -0.124. The van der Waals surface area contributed by atoms with Crippen LogP contribution in [0, 0.1) is 0 Å². The molecule has 0 heterocycles. The maximum absolute atomic E-state index is 12.1. The molecule has 5 heteroatoms.